The summed E-state index contributed by atoms with van der Waals surface area (Å²) >= 11 is 0. The monoisotopic (exact) mass is 316 g/mol. The zero-order chi connectivity index (χ0) is 15.3. The third-order valence-electron chi connectivity index (χ3n) is 6.22. The molecule has 0 radical (unpaired) electrons. The molecule has 3 rings (SSSR count). The zero-order valence-electron chi connectivity index (χ0n) is 14.2. The molecule has 1 nitrogen and oxygen atoms in total. The first-order valence-corrected chi connectivity index (χ1v) is 12.0. The highest BCUT2D eigenvalue weighted by atomic mass is 28.4. The Hall–Kier alpha value is -0.603. The molecule has 0 aromatic heterocycles. The van der Waals surface area contributed by atoms with Gasteiger partial charge in [0.1, 0.15) is 0 Å². The standard InChI is InChI=1S/C20H32OSi/c1-22(19-13-7-3-8-14-19,20-15-9-4-10-16-20)21-17-18-11-5-2-6-12-18/h2,5-6,11-12,19-20H,3-4,7-10,13-17H2,1H3. The van der Waals surface area contributed by atoms with Crippen LogP contribution in [0.25, 0.3) is 0 Å². The van der Waals surface area contributed by atoms with Crippen molar-refractivity contribution < 1.29 is 4.43 Å². The van der Waals surface area contributed by atoms with Crippen molar-refractivity contribution in [2.75, 3.05) is 0 Å². The van der Waals surface area contributed by atoms with Gasteiger partial charge in [0, 0.05) is 0 Å². The lowest BCUT2D eigenvalue weighted by atomic mass is 9.99. The minimum atomic E-state index is -1.63. The van der Waals surface area contributed by atoms with Gasteiger partial charge in [-0.25, -0.2) is 0 Å². The summed E-state index contributed by atoms with van der Waals surface area (Å²) < 4.78 is 6.83. The molecule has 0 heterocycles. The molecule has 0 atom stereocenters. The van der Waals surface area contributed by atoms with Gasteiger partial charge >= 0.3 is 0 Å². The molecule has 2 fully saturated rings. The zero-order valence-corrected chi connectivity index (χ0v) is 15.2. The van der Waals surface area contributed by atoms with Gasteiger partial charge < -0.3 is 4.43 Å². The molecular formula is C20H32OSi. The molecule has 0 unspecified atom stereocenters. The van der Waals surface area contributed by atoms with Gasteiger partial charge in [0.05, 0.1) is 6.61 Å². The lowest BCUT2D eigenvalue weighted by molar-refractivity contribution is 0.252. The van der Waals surface area contributed by atoms with Gasteiger partial charge in [-0.2, -0.15) is 0 Å². The Kier molecular flexibility index (Phi) is 5.75. The van der Waals surface area contributed by atoms with E-state index >= 15 is 0 Å². The number of benzene rings is 1. The molecule has 2 heteroatoms. The molecule has 2 aliphatic rings. The highest BCUT2D eigenvalue weighted by Crippen LogP contribution is 2.48. The van der Waals surface area contributed by atoms with Gasteiger partial charge in [0.15, 0.2) is 8.32 Å². The van der Waals surface area contributed by atoms with Gasteiger partial charge in [0.2, 0.25) is 0 Å². The number of hydrogen-bond donors (Lipinski definition) is 0. The van der Waals surface area contributed by atoms with Gasteiger partial charge in [-0.15, -0.1) is 0 Å². The molecule has 0 aliphatic heterocycles. The average Bonchev–Trinajstić information content (AvgIpc) is 2.62. The van der Waals surface area contributed by atoms with E-state index in [1.54, 1.807) is 0 Å². The summed E-state index contributed by atoms with van der Waals surface area (Å²) in [4.78, 5) is 0. The molecule has 22 heavy (non-hydrogen) atoms. The maximum atomic E-state index is 6.83. The second-order valence-corrected chi connectivity index (χ2v) is 11.9. The second kappa shape index (κ2) is 7.78. The Morgan fingerprint density at radius 1 is 0.818 bits per heavy atom. The van der Waals surface area contributed by atoms with Gasteiger partial charge in [-0.05, 0) is 23.2 Å². The summed E-state index contributed by atoms with van der Waals surface area (Å²) in [5.41, 5.74) is 3.17. The first kappa shape index (κ1) is 16.3. The lowest BCUT2D eigenvalue weighted by Gasteiger charge is -2.44. The summed E-state index contributed by atoms with van der Waals surface area (Å²) in [5, 5.41) is 0. The summed E-state index contributed by atoms with van der Waals surface area (Å²) in [5.74, 6) is 0. The van der Waals surface area contributed by atoms with Crippen molar-refractivity contribution in [1.29, 1.82) is 0 Å². The van der Waals surface area contributed by atoms with Crippen LogP contribution in [0.1, 0.15) is 69.8 Å². The predicted molar refractivity (Wildman–Crippen MR) is 96.5 cm³/mol. The van der Waals surface area contributed by atoms with Gasteiger partial charge in [0.25, 0.3) is 0 Å². The number of rotatable bonds is 5. The van der Waals surface area contributed by atoms with E-state index in [1.807, 2.05) is 0 Å². The summed E-state index contributed by atoms with van der Waals surface area (Å²) in [6, 6.07) is 10.8. The molecule has 2 aliphatic carbocycles. The van der Waals surface area contributed by atoms with Crippen LogP contribution in [0.4, 0.5) is 0 Å². The van der Waals surface area contributed by atoms with Crippen molar-refractivity contribution in [3.05, 3.63) is 35.9 Å². The Labute approximate surface area is 137 Å². The van der Waals surface area contributed by atoms with E-state index in [-0.39, 0.29) is 0 Å². The molecule has 1 aromatic carbocycles. The fourth-order valence-electron chi connectivity index (χ4n) is 4.73. The molecule has 1 aromatic rings. The van der Waals surface area contributed by atoms with Gasteiger partial charge in [-0.1, -0.05) is 94.5 Å². The van der Waals surface area contributed by atoms with Crippen molar-refractivity contribution in [3.63, 3.8) is 0 Å². The Balaban J connectivity index is 1.72. The van der Waals surface area contributed by atoms with Crippen LogP contribution in [-0.4, -0.2) is 8.32 Å². The predicted octanol–water partition coefficient (Wildman–Crippen LogP) is 6.45. The Morgan fingerprint density at radius 3 is 1.82 bits per heavy atom. The van der Waals surface area contributed by atoms with Crippen molar-refractivity contribution in [2.24, 2.45) is 0 Å². The Bertz CT molecular complexity index is 414. The van der Waals surface area contributed by atoms with Crippen LogP contribution in [-0.2, 0) is 11.0 Å². The maximum Gasteiger partial charge on any atom is 0.196 e. The molecule has 2 saturated carbocycles. The van der Waals surface area contributed by atoms with E-state index in [2.05, 4.69) is 36.9 Å². The fraction of sp³-hybridized carbons (Fsp3) is 0.700. The molecular weight excluding hydrogens is 284 g/mol. The second-order valence-electron chi connectivity index (χ2n) is 7.63. The SMILES string of the molecule is C[Si](OCc1ccccc1)(C1CCCCC1)C1CCCCC1. The molecule has 0 bridgehead atoms. The van der Waals surface area contributed by atoms with Crippen LogP contribution in [0.3, 0.4) is 0 Å². The smallest absolute Gasteiger partial charge is 0.196 e. The normalized spacial score (nSPS) is 21.9. The minimum Gasteiger partial charge on any atom is -0.412 e. The molecule has 0 N–H and O–H groups in total. The van der Waals surface area contributed by atoms with E-state index in [0.29, 0.717) is 0 Å². The van der Waals surface area contributed by atoms with Crippen molar-refractivity contribution in [1.82, 2.24) is 0 Å². The van der Waals surface area contributed by atoms with Crippen LogP contribution < -0.4 is 0 Å². The summed E-state index contributed by atoms with van der Waals surface area (Å²) in [7, 11) is -1.63. The topological polar surface area (TPSA) is 9.23 Å². The van der Waals surface area contributed by atoms with Crippen LogP contribution in [0.2, 0.25) is 17.6 Å². The molecule has 0 saturated heterocycles. The minimum absolute atomic E-state index is 0.844. The molecule has 0 spiro atoms. The van der Waals surface area contributed by atoms with Crippen LogP contribution in [0, 0.1) is 0 Å². The van der Waals surface area contributed by atoms with Crippen LogP contribution in [0.5, 0.6) is 0 Å². The average molecular weight is 317 g/mol. The molecule has 122 valence electrons. The Morgan fingerprint density at radius 2 is 1.32 bits per heavy atom. The third kappa shape index (κ3) is 3.83. The van der Waals surface area contributed by atoms with Crippen molar-refractivity contribution in [2.45, 2.75) is 88.4 Å². The highest BCUT2D eigenvalue weighted by Gasteiger charge is 2.45. The van der Waals surface area contributed by atoms with E-state index in [0.717, 1.165) is 17.7 Å². The number of hydrogen-bond acceptors (Lipinski definition) is 1. The first-order valence-electron chi connectivity index (χ1n) is 9.47. The molecule has 0 amide bonds. The van der Waals surface area contributed by atoms with Crippen molar-refractivity contribution >= 4 is 8.32 Å². The van der Waals surface area contributed by atoms with E-state index in [9.17, 15) is 0 Å². The summed E-state index contributed by atoms with van der Waals surface area (Å²) in [6.45, 7) is 3.43. The van der Waals surface area contributed by atoms with E-state index in [1.165, 1.54) is 69.8 Å². The van der Waals surface area contributed by atoms with Gasteiger partial charge in [-0.3, -0.25) is 0 Å². The first-order chi connectivity index (χ1) is 10.8. The summed E-state index contributed by atoms with van der Waals surface area (Å²) in [6.07, 6.45) is 14.4. The quantitative estimate of drug-likeness (QED) is 0.567. The maximum absolute atomic E-state index is 6.83. The van der Waals surface area contributed by atoms with Crippen LogP contribution >= 0.6 is 0 Å². The third-order valence-corrected chi connectivity index (χ3v) is 11.4. The van der Waals surface area contributed by atoms with Crippen molar-refractivity contribution in [3.8, 4) is 0 Å². The lowest BCUT2D eigenvalue weighted by Crippen LogP contribution is -2.46. The van der Waals surface area contributed by atoms with Crippen LogP contribution in [0.15, 0.2) is 30.3 Å². The van der Waals surface area contributed by atoms with E-state index < -0.39 is 8.32 Å². The highest BCUT2D eigenvalue weighted by molar-refractivity contribution is 6.75. The largest absolute Gasteiger partial charge is 0.412 e. The van der Waals surface area contributed by atoms with E-state index in [4.69, 9.17) is 4.43 Å². The fourth-order valence-corrected chi connectivity index (χ4v) is 9.46.